The van der Waals surface area contributed by atoms with Crippen LogP contribution in [0.4, 0.5) is 0 Å². The molecule has 2 aromatic heterocycles. The van der Waals surface area contributed by atoms with Gasteiger partial charge in [0.1, 0.15) is 12.2 Å². The van der Waals surface area contributed by atoms with Crippen LogP contribution >= 0.6 is 0 Å². The molecule has 44 heavy (non-hydrogen) atoms. The van der Waals surface area contributed by atoms with Crippen LogP contribution < -0.4 is 19.8 Å². The van der Waals surface area contributed by atoms with Crippen molar-refractivity contribution in [2.45, 2.75) is 6.61 Å². The molecule has 0 amide bonds. The second-order valence-electron chi connectivity index (χ2n) is 10.1. The predicted molar refractivity (Wildman–Crippen MR) is 172 cm³/mol. The maximum atomic E-state index is 13.7. The van der Waals surface area contributed by atoms with Crippen LogP contribution in [0, 0.1) is 0 Å². The quantitative estimate of drug-likeness (QED) is 0.173. The molecule has 0 radical (unpaired) electrons. The zero-order valence-corrected chi connectivity index (χ0v) is 24.1. The number of nitrogens with zero attached hydrogens (tertiary/aromatic N) is 3. The molecule has 0 aliphatic carbocycles. The molecule has 0 aliphatic heterocycles. The van der Waals surface area contributed by atoms with E-state index in [9.17, 15) is 4.79 Å². The number of methoxy groups -OCH3 is 2. The van der Waals surface area contributed by atoms with Gasteiger partial charge in [-0.05, 0) is 52.7 Å². The summed E-state index contributed by atoms with van der Waals surface area (Å²) in [6.07, 6.45) is 1.56. The van der Waals surface area contributed by atoms with Crippen molar-refractivity contribution in [2.24, 2.45) is 5.10 Å². The lowest BCUT2D eigenvalue weighted by molar-refractivity contribution is 0.267. The number of hydrogen-bond donors (Lipinski definition) is 0. The number of furan rings is 1. The zero-order valence-electron chi connectivity index (χ0n) is 24.1. The zero-order chi connectivity index (χ0) is 30.0. The van der Waals surface area contributed by atoms with Gasteiger partial charge < -0.3 is 18.6 Å². The molecular weight excluding hydrogens is 554 g/mol. The minimum absolute atomic E-state index is 0.287. The Hall–Kier alpha value is -5.89. The summed E-state index contributed by atoms with van der Waals surface area (Å²) in [4.78, 5) is 18.4. The molecule has 7 aromatic rings. The summed E-state index contributed by atoms with van der Waals surface area (Å²) in [5, 5.41) is 8.18. The minimum atomic E-state index is -0.323. The number of rotatable bonds is 8. The summed E-state index contributed by atoms with van der Waals surface area (Å²) < 4.78 is 25.0. The van der Waals surface area contributed by atoms with E-state index in [0.717, 1.165) is 21.7 Å². The summed E-state index contributed by atoms with van der Waals surface area (Å²) in [6.45, 7) is 0.320. The highest BCUT2D eigenvalue weighted by Crippen LogP contribution is 2.39. The Morgan fingerprint density at radius 3 is 2.25 bits per heavy atom. The third-order valence-corrected chi connectivity index (χ3v) is 7.46. The van der Waals surface area contributed by atoms with Gasteiger partial charge in [-0.2, -0.15) is 9.78 Å². The van der Waals surface area contributed by atoms with E-state index >= 15 is 0 Å². The van der Waals surface area contributed by atoms with E-state index in [-0.39, 0.29) is 11.4 Å². The normalized spacial score (nSPS) is 11.5. The van der Waals surface area contributed by atoms with E-state index in [4.69, 9.17) is 23.6 Å². The van der Waals surface area contributed by atoms with Crippen LogP contribution in [0.1, 0.15) is 11.1 Å². The minimum Gasteiger partial charge on any atom is -0.493 e. The molecule has 0 spiro atoms. The fraction of sp³-hybridized carbons (Fsp3) is 0.0833. The van der Waals surface area contributed by atoms with Gasteiger partial charge in [-0.3, -0.25) is 4.79 Å². The molecule has 0 fully saturated rings. The second kappa shape index (κ2) is 11.4. The Balaban J connectivity index is 1.27. The summed E-state index contributed by atoms with van der Waals surface area (Å²) >= 11 is 0. The van der Waals surface area contributed by atoms with Crippen LogP contribution in [-0.2, 0) is 6.61 Å². The van der Waals surface area contributed by atoms with Gasteiger partial charge in [0.15, 0.2) is 17.3 Å². The maximum absolute atomic E-state index is 13.7. The third-order valence-electron chi connectivity index (χ3n) is 7.46. The van der Waals surface area contributed by atoms with E-state index in [1.807, 2.05) is 60.7 Å². The Labute approximate surface area is 252 Å². The lowest BCUT2D eigenvalue weighted by Gasteiger charge is -2.16. The summed E-state index contributed by atoms with van der Waals surface area (Å²) in [5.74, 6) is 2.11. The SMILES string of the molecule is COc1cc(C=Nn2c(-c3cc4ccccc4o3)nc3ccccc3c2=O)cc(OC)c1OCc1cccc2ccccc12. The molecular formula is C36H27N3O5. The molecule has 0 bridgehead atoms. The highest BCUT2D eigenvalue weighted by Gasteiger charge is 2.18. The lowest BCUT2D eigenvalue weighted by Crippen LogP contribution is -2.20. The summed E-state index contributed by atoms with van der Waals surface area (Å²) in [5.41, 5.74) is 2.59. The number of hydrogen-bond acceptors (Lipinski definition) is 7. The van der Waals surface area contributed by atoms with Crippen molar-refractivity contribution < 1.29 is 18.6 Å². The molecule has 7 rings (SSSR count). The Bertz CT molecular complexity index is 2190. The first kappa shape index (κ1) is 27.0. The Kier molecular flexibility index (Phi) is 7.00. The number of para-hydroxylation sites is 2. The van der Waals surface area contributed by atoms with Gasteiger partial charge in [-0.15, -0.1) is 0 Å². The van der Waals surface area contributed by atoms with E-state index < -0.39 is 0 Å². The van der Waals surface area contributed by atoms with E-state index in [1.165, 1.54) is 4.68 Å². The smallest absolute Gasteiger partial charge is 0.282 e. The second-order valence-corrected chi connectivity index (χ2v) is 10.1. The fourth-order valence-electron chi connectivity index (χ4n) is 5.29. The first-order chi connectivity index (χ1) is 21.6. The van der Waals surface area contributed by atoms with Gasteiger partial charge in [0, 0.05) is 10.9 Å². The fourth-order valence-corrected chi connectivity index (χ4v) is 5.29. The molecule has 0 aliphatic rings. The first-order valence-electron chi connectivity index (χ1n) is 14.0. The van der Waals surface area contributed by atoms with Gasteiger partial charge in [-0.1, -0.05) is 72.8 Å². The van der Waals surface area contributed by atoms with E-state index in [2.05, 4.69) is 23.3 Å². The van der Waals surface area contributed by atoms with Crippen molar-refractivity contribution in [1.29, 1.82) is 0 Å². The Morgan fingerprint density at radius 2 is 1.48 bits per heavy atom. The van der Waals surface area contributed by atoms with E-state index in [1.54, 1.807) is 50.8 Å². The molecule has 5 aromatic carbocycles. The van der Waals surface area contributed by atoms with E-state index in [0.29, 0.717) is 51.7 Å². The third kappa shape index (κ3) is 4.92. The highest BCUT2D eigenvalue weighted by molar-refractivity contribution is 5.87. The van der Waals surface area contributed by atoms with Crippen LogP contribution in [0.2, 0.25) is 0 Å². The number of benzene rings is 5. The summed E-state index contributed by atoms with van der Waals surface area (Å²) in [6, 6.07) is 34.5. The van der Waals surface area contributed by atoms with Crippen LogP contribution in [0.15, 0.2) is 124 Å². The van der Waals surface area contributed by atoms with Crippen molar-refractivity contribution in [3.05, 3.63) is 131 Å². The van der Waals surface area contributed by atoms with Crippen molar-refractivity contribution in [1.82, 2.24) is 9.66 Å². The van der Waals surface area contributed by atoms with Crippen LogP contribution in [0.5, 0.6) is 17.2 Å². The Morgan fingerprint density at radius 1 is 0.795 bits per heavy atom. The molecule has 0 atom stereocenters. The lowest BCUT2D eigenvalue weighted by atomic mass is 10.1. The van der Waals surface area contributed by atoms with Crippen molar-refractivity contribution >= 4 is 38.9 Å². The standard InChI is InChI=1S/C36H27N3O5/c1-41-31-18-23(19-32(42-2)34(31)43-22-26-13-9-12-24-10-3-5-14-27(24)26)21-37-39-35(33-20-25-11-4-8-17-30(25)44-33)38-29-16-7-6-15-28(29)36(39)40/h3-21H,22H2,1-2H3. The highest BCUT2D eigenvalue weighted by atomic mass is 16.5. The largest absolute Gasteiger partial charge is 0.493 e. The number of ether oxygens (including phenoxy) is 3. The molecule has 8 nitrogen and oxygen atoms in total. The topological polar surface area (TPSA) is 88.1 Å². The van der Waals surface area contributed by atoms with Crippen LogP contribution in [0.25, 0.3) is 44.2 Å². The molecule has 0 saturated carbocycles. The van der Waals surface area contributed by atoms with Crippen LogP contribution in [-0.4, -0.2) is 30.1 Å². The van der Waals surface area contributed by atoms with Crippen molar-refractivity contribution in [2.75, 3.05) is 14.2 Å². The van der Waals surface area contributed by atoms with Gasteiger partial charge >= 0.3 is 0 Å². The maximum Gasteiger partial charge on any atom is 0.282 e. The number of fused-ring (bicyclic) bond motifs is 3. The monoisotopic (exact) mass is 581 g/mol. The van der Waals surface area contributed by atoms with Gasteiger partial charge in [0.2, 0.25) is 11.6 Å². The number of aromatic nitrogens is 2. The average molecular weight is 582 g/mol. The summed E-state index contributed by atoms with van der Waals surface area (Å²) in [7, 11) is 3.13. The molecule has 0 N–H and O–H groups in total. The van der Waals surface area contributed by atoms with Gasteiger partial charge in [0.25, 0.3) is 5.56 Å². The molecule has 0 saturated heterocycles. The molecule has 216 valence electrons. The van der Waals surface area contributed by atoms with Gasteiger partial charge in [-0.25, -0.2) is 4.98 Å². The molecule has 0 unspecified atom stereocenters. The van der Waals surface area contributed by atoms with Crippen molar-refractivity contribution in [3.8, 4) is 28.8 Å². The van der Waals surface area contributed by atoms with Crippen LogP contribution in [0.3, 0.4) is 0 Å². The van der Waals surface area contributed by atoms with Crippen molar-refractivity contribution in [3.63, 3.8) is 0 Å². The molecule has 8 heteroatoms. The average Bonchev–Trinajstić information content (AvgIpc) is 3.51. The first-order valence-corrected chi connectivity index (χ1v) is 14.0. The predicted octanol–water partition coefficient (Wildman–Crippen LogP) is 7.44. The molecule has 2 heterocycles. The van der Waals surface area contributed by atoms with Gasteiger partial charge in [0.05, 0.1) is 31.3 Å².